The third-order valence-corrected chi connectivity index (χ3v) is 12.4. The zero-order valence-corrected chi connectivity index (χ0v) is 24.3. The Balaban J connectivity index is 1.62. The average molecular weight is 558 g/mol. The van der Waals surface area contributed by atoms with Gasteiger partial charge in [0.2, 0.25) is 0 Å². The first-order chi connectivity index (χ1) is 18.7. The predicted molar refractivity (Wildman–Crippen MR) is 144 cm³/mol. The summed E-state index contributed by atoms with van der Waals surface area (Å²) in [5.74, 6) is -2.13. The highest BCUT2D eigenvalue weighted by Crippen LogP contribution is 2.84. The summed E-state index contributed by atoms with van der Waals surface area (Å²) in [6, 6.07) is -0.324. The van der Waals surface area contributed by atoms with E-state index in [9.17, 15) is 30.0 Å². The molecule has 1 heterocycles. The van der Waals surface area contributed by atoms with Crippen LogP contribution in [0.1, 0.15) is 53.9 Å². The second kappa shape index (κ2) is 8.51. The minimum Gasteiger partial charge on any atom is -0.455 e. The number of carbonyl (C=O) groups is 2. The summed E-state index contributed by atoms with van der Waals surface area (Å²) in [7, 11) is 1.96. The number of aliphatic hydroxyl groups is 4. The van der Waals surface area contributed by atoms with Crippen LogP contribution < -0.4 is 0 Å². The summed E-state index contributed by atoms with van der Waals surface area (Å²) in [6.07, 6.45) is -1.23. The van der Waals surface area contributed by atoms with Crippen LogP contribution in [-0.4, -0.2) is 93.0 Å². The maximum absolute atomic E-state index is 13.4. The molecule has 0 amide bonds. The molecular formula is C31H43NO8. The van der Waals surface area contributed by atoms with Crippen LogP contribution in [0.25, 0.3) is 0 Å². The molecule has 2 spiro atoms. The molecule has 9 heteroatoms. The number of hydrogen-bond acceptors (Lipinski definition) is 9. The van der Waals surface area contributed by atoms with Crippen LogP contribution in [0.4, 0.5) is 0 Å². The lowest BCUT2D eigenvalue weighted by atomic mass is 9.38. The lowest BCUT2D eigenvalue weighted by Crippen LogP contribution is -2.85. The van der Waals surface area contributed by atoms with Gasteiger partial charge in [-0.15, -0.1) is 0 Å². The van der Waals surface area contributed by atoms with Crippen molar-refractivity contribution < 1.29 is 39.5 Å². The van der Waals surface area contributed by atoms with Gasteiger partial charge < -0.3 is 34.8 Å². The highest BCUT2D eigenvalue weighted by molar-refractivity contribution is 5.89. The predicted octanol–water partition coefficient (Wildman–Crippen LogP) is 1.49. The van der Waals surface area contributed by atoms with Crippen LogP contribution in [0.3, 0.4) is 0 Å². The summed E-state index contributed by atoms with van der Waals surface area (Å²) < 4.78 is 12.5. The molecule has 0 aromatic carbocycles. The Morgan fingerprint density at radius 3 is 2.17 bits per heavy atom. The van der Waals surface area contributed by atoms with Gasteiger partial charge in [0.1, 0.15) is 17.8 Å². The molecule has 0 aromatic heterocycles. The van der Waals surface area contributed by atoms with Crippen molar-refractivity contribution in [1.82, 2.24) is 4.90 Å². The summed E-state index contributed by atoms with van der Waals surface area (Å²) in [5.41, 5.74) is -3.04. The molecule has 5 saturated carbocycles. The Kier molecular flexibility index (Phi) is 5.97. The van der Waals surface area contributed by atoms with Gasteiger partial charge in [-0.05, 0) is 65.3 Å². The third kappa shape index (κ3) is 2.86. The first-order valence-electron chi connectivity index (χ1n) is 14.5. The Bertz CT molecular complexity index is 1240. The molecule has 5 aliphatic carbocycles. The van der Waals surface area contributed by atoms with Crippen molar-refractivity contribution in [3.05, 3.63) is 35.5 Å². The van der Waals surface area contributed by atoms with E-state index in [1.807, 2.05) is 7.05 Å². The van der Waals surface area contributed by atoms with Crippen LogP contribution in [0.5, 0.6) is 0 Å². The van der Waals surface area contributed by atoms with Crippen LogP contribution in [0.15, 0.2) is 35.5 Å². The highest BCUT2D eigenvalue weighted by atomic mass is 16.6. The number of ether oxygens (including phenoxy) is 2. The van der Waals surface area contributed by atoms with Crippen LogP contribution in [-0.2, 0) is 19.1 Å². The number of allylic oxidation sites excluding steroid dienone is 2. The Morgan fingerprint density at radius 1 is 1.02 bits per heavy atom. The smallest absolute Gasteiger partial charge is 0.333 e. The van der Waals surface area contributed by atoms with Gasteiger partial charge in [-0.1, -0.05) is 31.2 Å². The second-order valence-electron chi connectivity index (χ2n) is 13.8. The summed E-state index contributed by atoms with van der Waals surface area (Å²) >= 11 is 0. The summed E-state index contributed by atoms with van der Waals surface area (Å²) in [6.45, 7) is 13.3. The van der Waals surface area contributed by atoms with E-state index in [4.69, 9.17) is 9.47 Å². The van der Waals surface area contributed by atoms with Crippen molar-refractivity contribution in [2.45, 2.75) is 96.0 Å². The molecule has 6 fully saturated rings. The molecule has 1 saturated heterocycles. The fourth-order valence-electron chi connectivity index (χ4n) is 11.0. The van der Waals surface area contributed by atoms with Crippen LogP contribution in [0.2, 0.25) is 0 Å². The number of hydrogen-bond donors (Lipinski definition) is 4. The lowest BCUT2D eigenvalue weighted by Gasteiger charge is -2.73. The number of rotatable bonds is 4. The van der Waals surface area contributed by atoms with Gasteiger partial charge in [0.05, 0.1) is 18.3 Å². The van der Waals surface area contributed by atoms with Gasteiger partial charge in [0, 0.05) is 46.4 Å². The maximum atomic E-state index is 13.4. The van der Waals surface area contributed by atoms with Crippen LogP contribution >= 0.6 is 0 Å². The van der Waals surface area contributed by atoms with Gasteiger partial charge in [-0.2, -0.15) is 0 Å². The standard InChI is InChI=1S/C31H43NO8/c1-8-14(3)26(36)39-21-19-16(5)10-29-12-18(34)31(38)28(6)13-32(7)24(20(19)29)30(31,11-17(33)25(28)35)23(29)22(21)40-27(37)15(4)9-2/h8-9,17-25,33-35,38H,5,10-13H2,1-4,6-7H3/b14-8+,15-9+/t17-,18-,19+,20-,21-,22-,23-,24-,25-,28-,29+,30+,31+/m1/s1. The van der Waals surface area contributed by atoms with Crippen molar-refractivity contribution in [3.8, 4) is 0 Å². The molecule has 0 radical (unpaired) electrons. The molecule has 6 aliphatic rings. The van der Waals surface area contributed by atoms with Gasteiger partial charge in [-0.3, -0.25) is 0 Å². The van der Waals surface area contributed by atoms with E-state index in [2.05, 4.69) is 11.5 Å². The molecule has 220 valence electrons. The molecule has 13 atom stereocenters. The zero-order valence-electron chi connectivity index (χ0n) is 24.3. The van der Waals surface area contributed by atoms with Gasteiger partial charge in [0.15, 0.2) is 0 Å². The van der Waals surface area contributed by atoms with Crippen molar-refractivity contribution in [1.29, 1.82) is 0 Å². The number of piperidine rings is 1. The minimum atomic E-state index is -1.78. The van der Waals surface area contributed by atoms with E-state index < -0.39 is 70.2 Å². The summed E-state index contributed by atoms with van der Waals surface area (Å²) in [5, 5.41) is 47.5. The molecule has 40 heavy (non-hydrogen) atoms. The molecule has 6 bridgehead atoms. The van der Waals surface area contributed by atoms with E-state index in [-0.39, 0.29) is 37.3 Å². The first-order valence-corrected chi connectivity index (χ1v) is 14.5. The SMILES string of the molecule is C=C1C[C@]23C[C@@H](O)[C@@]4(O)[C@]56C[C@@H](O)[C@@H](O)[C@@]4(C)CN(C)[C@@H]5[C@H]2[C@H]1[C@@H](OC(=O)/C(C)=C/C)[C@@H](OC(=O)/C(C)=C/C)[C@H]36. The van der Waals surface area contributed by atoms with E-state index in [0.717, 1.165) is 5.57 Å². The van der Waals surface area contributed by atoms with Gasteiger partial charge >= 0.3 is 11.9 Å². The quantitative estimate of drug-likeness (QED) is 0.230. The molecule has 9 nitrogen and oxygen atoms in total. The van der Waals surface area contributed by atoms with Crippen molar-refractivity contribution in [2.24, 2.45) is 34.0 Å². The topological polar surface area (TPSA) is 137 Å². The largest absolute Gasteiger partial charge is 0.455 e. The Labute approximate surface area is 235 Å². The number of esters is 2. The number of carbonyl (C=O) groups excluding carboxylic acids is 2. The molecule has 1 aliphatic heterocycles. The van der Waals surface area contributed by atoms with Crippen molar-refractivity contribution in [3.63, 3.8) is 0 Å². The highest BCUT2D eigenvalue weighted by Gasteiger charge is 2.91. The van der Waals surface area contributed by atoms with Crippen molar-refractivity contribution in [2.75, 3.05) is 13.6 Å². The van der Waals surface area contributed by atoms with Gasteiger partial charge in [0.25, 0.3) is 0 Å². The summed E-state index contributed by atoms with van der Waals surface area (Å²) in [4.78, 5) is 28.8. The molecule has 6 rings (SSSR count). The average Bonchev–Trinajstić information content (AvgIpc) is 3.18. The zero-order chi connectivity index (χ0) is 29.3. The Morgan fingerprint density at radius 2 is 1.60 bits per heavy atom. The maximum Gasteiger partial charge on any atom is 0.333 e. The molecule has 0 unspecified atom stereocenters. The van der Waals surface area contributed by atoms with E-state index in [0.29, 0.717) is 17.6 Å². The minimum absolute atomic E-state index is 0.0274. The molecule has 0 aromatic rings. The number of aliphatic hydroxyl groups excluding tert-OH is 3. The number of nitrogens with zero attached hydrogens (tertiary/aromatic N) is 1. The van der Waals surface area contributed by atoms with E-state index in [1.54, 1.807) is 46.8 Å². The fraction of sp³-hybridized carbons (Fsp3) is 0.742. The van der Waals surface area contributed by atoms with Crippen molar-refractivity contribution >= 4 is 11.9 Å². The lowest BCUT2D eigenvalue weighted by molar-refractivity contribution is -0.364. The Hall–Kier alpha value is -2.04. The molecular weight excluding hydrogens is 514 g/mol. The van der Waals surface area contributed by atoms with E-state index in [1.165, 1.54) is 0 Å². The monoisotopic (exact) mass is 557 g/mol. The van der Waals surface area contributed by atoms with E-state index >= 15 is 0 Å². The fourth-order valence-corrected chi connectivity index (χ4v) is 11.0. The number of likely N-dealkylation sites (tertiary alicyclic amines) is 1. The third-order valence-electron chi connectivity index (χ3n) is 12.4. The first kappa shape index (κ1) is 28.1. The van der Waals surface area contributed by atoms with Crippen LogP contribution in [0, 0.1) is 34.0 Å². The normalized spacial score (nSPS) is 53.0. The van der Waals surface area contributed by atoms with Gasteiger partial charge in [-0.25, -0.2) is 9.59 Å². The second-order valence-corrected chi connectivity index (χ2v) is 13.8. The molecule has 4 N–H and O–H groups in total.